The average molecular weight is 168 g/mol. The predicted octanol–water partition coefficient (Wildman–Crippen LogP) is 1.32. The molecular weight excluding hydrogens is 155 g/mol. The molecule has 0 fully saturated rings. The summed E-state index contributed by atoms with van der Waals surface area (Å²) in [6, 6.07) is 1.52. The third-order valence-corrected chi connectivity index (χ3v) is 1.61. The van der Waals surface area contributed by atoms with Gasteiger partial charge in [0.05, 0.1) is 6.20 Å². The maximum Gasteiger partial charge on any atom is 0.141 e. The molecule has 1 aromatic rings. The van der Waals surface area contributed by atoms with E-state index in [0.29, 0.717) is 0 Å². The Hall–Kier alpha value is -0.960. The van der Waals surface area contributed by atoms with E-state index in [1.807, 2.05) is 14.1 Å². The molecule has 0 N–H and O–H groups in total. The molecule has 66 valence electrons. The molecule has 3 heteroatoms. The normalized spacial score (nSPS) is 10.7. The molecule has 0 bridgehead atoms. The number of halogens is 1. The lowest BCUT2D eigenvalue weighted by Crippen LogP contribution is -2.15. The molecule has 0 radical (unpaired) electrons. The molecule has 0 saturated heterocycles. The number of hydrogen-bond acceptors (Lipinski definition) is 2. The first-order valence-corrected chi connectivity index (χ1v) is 3.92. The van der Waals surface area contributed by atoms with Crippen molar-refractivity contribution in [3.05, 3.63) is 29.8 Å². The number of aromatic nitrogens is 1. The van der Waals surface area contributed by atoms with Gasteiger partial charge in [0.1, 0.15) is 5.82 Å². The summed E-state index contributed by atoms with van der Waals surface area (Å²) >= 11 is 0. The van der Waals surface area contributed by atoms with Gasteiger partial charge >= 0.3 is 0 Å². The van der Waals surface area contributed by atoms with E-state index in [4.69, 9.17) is 0 Å². The van der Waals surface area contributed by atoms with Gasteiger partial charge in [0.25, 0.3) is 0 Å². The zero-order chi connectivity index (χ0) is 8.97. The van der Waals surface area contributed by atoms with E-state index in [-0.39, 0.29) is 5.82 Å². The van der Waals surface area contributed by atoms with Crippen LogP contribution in [0.5, 0.6) is 0 Å². The zero-order valence-electron chi connectivity index (χ0n) is 7.42. The fourth-order valence-corrected chi connectivity index (χ4v) is 0.945. The Balaban J connectivity index is 2.52. The minimum atomic E-state index is -0.258. The average Bonchev–Trinajstić information content (AvgIpc) is 2.01. The highest BCUT2D eigenvalue weighted by Gasteiger charge is 1.96. The second kappa shape index (κ2) is 4.16. The quantitative estimate of drug-likeness (QED) is 0.676. The standard InChI is InChI=1S/C9H13FN2/c1-12(2)4-3-8-5-9(10)7-11-6-8/h5-7H,3-4H2,1-2H3. The number of pyridine rings is 1. The monoisotopic (exact) mass is 168 g/mol. The van der Waals surface area contributed by atoms with Gasteiger partial charge in [0, 0.05) is 12.7 Å². The summed E-state index contributed by atoms with van der Waals surface area (Å²) < 4.78 is 12.6. The fraction of sp³-hybridized carbons (Fsp3) is 0.444. The van der Waals surface area contributed by atoms with Crippen LogP contribution in [0.3, 0.4) is 0 Å². The zero-order valence-corrected chi connectivity index (χ0v) is 7.42. The van der Waals surface area contributed by atoms with Crippen molar-refractivity contribution >= 4 is 0 Å². The van der Waals surface area contributed by atoms with E-state index in [1.165, 1.54) is 12.3 Å². The molecule has 0 saturated carbocycles. The lowest BCUT2D eigenvalue weighted by molar-refractivity contribution is 0.413. The highest BCUT2D eigenvalue weighted by atomic mass is 19.1. The molecule has 0 spiro atoms. The van der Waals surface area contributed by atoms with Crippen LogP contribution in [0.2, 0.25) is 0 Å². The molecule has 1 aromatic heterocycles. The summed E-state index contributed by atoms with van der Waals surface area (Å²) in [5, 5.41) is 0. The second-order valence-corrected chi connectivity index (χ2v) is 3.06. The molecule has 1 heterocycles. The van der Waals surface area contributed by atoms with E-state index in [1.54, 1.807) is 6.20 Å². The molecule has 0 atom stereocenters. The van der Waals surface area contributed by atoms with Gasteiger partial charge < -0.3 is 4.90 Å². The summed E-state index contributed by atoms with van der Waals surface area (Å²) in [6.07, 6.45) is 3.77. The van der Waals surface area contributed by atoms with Gasteiger partial charge in [-0.05, 0) is 32.1 Å². The van der Waals surface area contributed by atoms with Crippen LogP contribution in [-0.4, -0.2) is 30.5 Å². The smallest absolute Gasteiger partial charge is 0.141 e. The minimum absolute atomic E-state index is 0.258. The van der Waals surface area contributed by atoms with E-state index in [2.05, 4.69) is 9.88 Å². The summed E-state index contributed by atoms with van der Waals surface area (Å²) in [4.78, 5) is 5.83. The summed E-state index contributed by atoms with van der Waals surface area (Å²) in [6.45, 7) is 0.922. The van der Waals surface area contributed by atoms with Gasteiger partial charge in [0.2, 0.25) is 0 Å². The highest BCUT2D eigenvalue weighted by molar-refractivity contribution is 5.10. The van der Waals surface area contributed by atoms with Gasteiger partial charge in [0.15, 0.2) is 0 Å². The first-order valence-electron chi connectivity index (χ1n) is 3.92. The van der Waals surface area contributed by atoms with Crippen LogP contribution in [0.4, 0.5) is 4.39 Å². The predicted molar refractivity (Wildman–Crippen MR) is 46.5 cm³/mol. The molecule has 0 aromatic carbocycles. The fourth-order valence-electron chi connectivity index (χ4n) is 0.945. The Labute approximate surface area is 72.0 Å². The largest absolute Gasteiger partial charge is 0.309 e. The molecule has 0 aliphatic heterocycles. The SMILES string of the molecule is CN(C)CCc1cncc(F)c1. The molecular formula is C9H13FN2. The van der Waals surface area contributed by atoms with E-state index in [9.17, 15) is 4.39 Å². The van der Waals surface area contributed by atoms with Crippen LogP contribution in [0.25, 0.3) is 0 Å². The van der Waals surface area contributed by atoms with Gasteiger partial charge in [-0.15, -0.1) is 0 Å². The Bertz CT molecular complexity index is 248. The van der Waals surface area contributed by atoms with Crippen molar-refractivity contribution < 1.29 is 4.39 Å². The Morgan fingerprint density at radius 1 is 1.42 bits per heavy atom. The van der Waals surface area contributed by atoms with Crippen LogP contribution in [-0.2, 0) is 6.42 Å². The Kier molecular flexibility index (Phi) is 3.17. The first kappa shape index (κ1) is 9.13. The van der Waals surface area contributed by atoms with Gasteiger partial charge in [-0.3, -0.25) is 4.98 Å². The van der Waals surface area contributed by atoms with Gasteiger partial charge in [-0.1, -0.05) is 0 Å². The number of nitrogens with zero attached hydrogens (tertiary/aromatic N) is 2. The molecule has 2 nitrogen and oxygen atoms in total. The molecule has 1 rings (SSSR count). The third kappa shape index (κ3) is 2.96. The summed E-state index contributed by atoms with van der Waals surface area (Å²) in [5.74, 6) is -0.258. The van der Waals surface area contributed by atoms with Crippen LogP contribution in [0, 0.1) is 5.82 Å². The minimum Gasteiger partial charge on any atom is -0.309 e. The van der Waals surface area contributed by atoms with Crippen molar-refractivity contribution in [2.24, 2.45) is 0 Å². The summed E-state index contributed by atoms with van der Waals surface area (Å²) in [7, 11) is 3.99. The van der Waals surface area contributed by atoms with Crippen LogP contribution in [0.15, 0.2) is 18.5 Å². The van der Waals surface area contributed by atoms with Crippen LogP contribution >= 0.6 is 0 Å². The van der Waals surface area contributed by atoms with Gasteiger partial charge in [-0.25, -0.2) is 4.39 Å². The maximum absolute atomic E-state index is 12.6. The van der Waals surface area contributed by atoms with Crippen molar-refractivity contribution in [3.63, 3.8) is 0 Å². The van der Waals surface area contributed by atoms with Crippen LogP contribution in [0.1, 0.15) is 5.56 Å². The van der Waals surface area contributed by atoms with Crippen LogP contribution < -0.4 is 0 Å². The first-order chi connectivity index (χ1) is 5.68. The topological polar surface area (TPSA) is 16.1 Å². The second-order valence-electron chi connectivity index (χ2n) is 3.06. The molecule has 0 aliphatic rings. The maximum atomic E-state index is 12.6. The number of rotatable bonds is 3. The van der Waals surface area contributed by atoms with Gasteiger partial charge in [-0.2, -0.15) is 0 Å². The molecule has 0 amide bonds. The van der Waals surface area contributed by atoms with E-state index >= 15 is 0 Å². The van der Waals surface area contributed by atoms with Crippen molar-refractivity contribution in [1.82, 2.24) is 9.88 Å². The molecule has 12 heavy (non-hydrogen) atoms. The van der Waals surface area contributed by atoms with Crippen molar-refractivity contribution in [2.75, 3.05) is 20.6 Å². The Morgan fingerprint density at radius 3 is 2.75 bits per heavy atom. The Morgan fingerprint density at radius 2 is 2.17 bits per heavy atom. The third-order valence-electron chi connectivity index (χ3n) is 1.61. The summed E-state index contributed by atoms with van der Waals surface area (Å²) in [5.41, 5.74) is 0.948. The van der Waals surface area contributed by atoms with Crippen molar-refractivity contribution in [2.45, 2.75) is 6.42 Å². The van der Waals surface area contributed by atoms with Crippen molar-refractivity contribution in [1.29, 1.82) is 0 Å². The number of hydrogen-bond donors (Lipinski definition) is 0. The number of likely N-dealkylation sites (N-methyl/N-ethyl adjacent to an activating group) is 1. The highest BCUT2D eigenvalue weighted by Crippen LogP contribution is 2.01. The molecule has 0 aliphatic carbocycles. The molecule has 0 unspecified atom stereocenters. The van der Waals surface area contributed by atoms with E-state index < -0.39 is 0 Å². The lowest BCUT2D eigenvalue weighted by atomic mass is 10.2. The van der Waals surface area contributed by atoms with E-state index in [0.717, 1.165) is 18.5 Å². The van der Waals surface area contributed by atoms with Crippen molar-refractivity contribution in [3.8, 4) is 0 Å². The lowest BCUT2D eigenvalue weighted by Gasteiger charge is -2.08.